The van der Waals surface area contributed by atoms with Gasteiger partial charge < -0.3 is 11.5 Å². The Bertz CT molecular complexity index is 905. The predicted octanol–water partition coefficient (Wildman–Crippen LogP) is 2.05. The lowest BCUT2D eigenvalue weighted by atomic mass is 10.1. The van der Waals surface area contributed by atoms with Gasteiger partial charge in [0.1, 0.15) is 0 Å². The number of nitrogens with two attached hydrogens (primary N) is 2. The lowest BCUT2D eigenvalue weighted by Crippen LogP contribution is -2.22. The molecule has 0 aliphatic heterocycles. The van der Waals surface area contributed by atoms with Crippen LogP contribution in [0.25, 0.3) is 21.8 Å². The van der Waals surface area contributed by atoms with Gasteiger partial charge in [-0.1, -0.05) is 6.07 Å². The van der Waals surface area contributed by atoms with E-state index in [0.717, 1.165) is 12.1 Å². The standard InChI is InChI=1S/C13H11F3N6/c1-22-10-7-3-2-6(13(14,15)16)4-9(7)19-5-8(10)11(21-22)20-12(17)18/h2-5H,1H3,(H4,17,18,20,21). The molecule has 114 valence electrons. The van der Waals surface area contributed by atoms with Crippen LogP contribution in [0.1, 0.15) is 5.56 Å². The smallest absolute Gasteiger partial charge is 0.370 e. The first-order valence-corrected chi connectivity index (χ1v) is 6.19. The number of aliphatic imine (C=N–C) groups is 1. The molecule has 6 nitrogen and oxygen atoms in total. The predicted molar refractivity (Wildman–Crippen MR) is 76.5 cm³/mol. The highest BCUT2D eigenvalue weighted by molar-refractivity contribution is 6.07. The third kappa shape index (κ3) is 2.20. The fourth-order valence-electron chi connectivity index (χ4n) is 2.32. The maximum absolute atomic E-state index is 12.8. The van der Waals surface area contributed by atoms with Gasteiger partial charge in [-0.15, -0.1) is 0 Å². The van der Waals surface area contributed by atoms with Crippen LogP contribution in [-0.2, 0) is 13.2 Å². The molecule has 2 heterocycles. The fourth-order valence-corrected chi connectivity index (χ4v) is 2.32. The van der Waals surface area contributed by atoms with E-state index in [0.29, 0.717) is 16.3 Å². The molecule has 4 N–H and O–H groups in total. The molecule has 0 spiro atoms. The zero-order chi connectivity index (χ0) is 16.1. The van der Waals surface area contributed by atoms with Gasteiger partial charge >= 0.3 is 6.18 Å². The number of benzene rings is 1. The molecule has 22 heavy (non-hydrogen) atoms. The van der Waals surface area contributed by atoms with E-state index >= 15 is 0 Å². The van der Waals surface area contributed by atoms with Crippen LogP contribution in [0.15, 0.2) is 29.4 Å². The van der Waals surface area contributed by atoms with Gasteiger partial charge in [-0.05, 0) is 12.1 Å². The van der Waals surface area contributed by atoms with Crippen LogP contribution in [0.5, 0.6) is 0 Å². The summed E-state index contributed by atoms with van der Waals surface area (Å²) < 4.78 is 39.8. The number of nitrogens with zero attached hydrogens (tertiary/aromatic N) is 4. The van der Waals surface area contributed by atoms with Gasteiger partial charge in [0, 0.05) is 18.6 Å². The van der Waals surface area contributed by atoms with Crippen LogP contribution >= 0.6 is 0 Å². The normalized spacial score (nSPS) is 12.0. The molecule has 0 atom stereocenters. The van der Waals surface area contributed by atoms with E-state index in [2.05, 4.69) is 15.1 Å². The average Bonchev–Trinajstić information content (AvgIpc) is 2.73. The van der Waals surface area contributed by atoms with Crippen LogP contribution in [0.4, 0.5) is 19.0 Å². The minimum absolute atomic E-state index is 0.160. The summed E-state index contributed by atoms with van der Waals surface area (Å²) in [7, 11) is 1.66. The Kier molecular flexibility index (Phi) is 2.94. The van der Waals surface area contributed by atoms with E-state index < -0.39 is 11.7 Å². The van der Waals surface area contributed by atoms with E-state index in [1.165, 1.54) is 16.9 Å². The van der Waals surface area contributed by atoms with Crippen molar-refractivity contribution in [2.45, 2.75) is 6.18 Å². The summed E-state index contributed by atoms with van der Waals surface area (Å²) in [5, 5.41) is 5.26. The minimum Gasteiger partial charge on any atom is -0.370 e. The zero-order valence-electron chi connectivity index (χ0n) is 11.4. The Labute approximate surface area is 122 Å². The quantitative estimate of drug-likeness (QED) is 0.531. The highest BCUT2D eigenvalue weighted by atomic mass is 19.4. The number of hydrogen-bond acceptors (Lipinski definition) is 3. The van der Waals surface area contributed by atoms with Gasteiger partial charge in [-0.2, -0.15) is 23.3 Å². The second kappa shape index (κ2) is 4.58. The summed E-state index contributed by atoms with van der Waals surface area (Å²) in [5.41, 5.74) is 10.8. The summed E-state index contributed by atoms with van der Waals surface area (Å²) >= 11 is 0. The molecule has 0 saturated carbocycles. The van der Waals surface area contributed by atoms with Crippen LogP contribution in [0.3, 0.4) is 0 Å². The van der Waals surface area contributed by atoms with E-state index in [1.807, 2.05) is 0 Å². The third-order valence-electron chi connectivity index (χ3n) is 3.21. The van der Waals surface area contributed by atoms with Crippen molar-refractivity contribution in [1.82, 2.24) is 14.8 Å². The molecule has 2 aromatic heterocycles. The first-order valence-electron chi connectivity index (χ1n) is 6.19. The van der Waals surface area contributed by atoms with Crippen molar-refractivity contribution in [3.05, 3.63) is 30.0 Å². The second-order valence-electron chi connectivity index (χ2n) is 4.73. The summed E-state index contributed by atoms with van der Waals surface area (Å²) in [4.78, 5) is 7.95. The number of rotatable bonds is 1. The van der Waals surface area contributed by atoms with E-state index in [-0.39, 0.29) is 17.3 Å². The number of aromatic nitrogens is 3. The molecule has 0 unspecified atom stereocenters. The molecule has 3 aromatic rings. The van der Waals surface area contributed by atoms with Crippen molar-refractivity contribution < 1.29 is 13.2 Å². The first-order chi connectivity index (χ1) is 10.3. The van der Waals surface area contributed by atoms with Crippen LogP contribution in [0, 0.1) is 0 Å². The number of guanidine groups is 1. The SMILES string of the molecule is Cn1nc(N=C(N)N)c2cnc3cc(C(F)(F)F)ccc3c21. The monoisotopic (exact) mass is 308 g/mol. The average molecular weight is 308 g/mol. The van der Waals surface area contributed by atoms with Crippen molar-refractivity contribution in [3.8, 4) is 0 Å². The van der Waals surface area contributed by atoms with Gasteiger partial charge in [-0.25, -0.2) is 0 Å². The molecule has 0 aliphatic rings. The molecular weight excluding hydrogens is 297 g/mol. The summed E-state index contributed by atoms with van der Waals surface area (Å²) in [6, 6.07) is 3.38. The highest BCUT2D eigenvalue weighted by Crippen LogP contribution is 2.34. The molecule has 9 heteroatoms. The Morgan fingerprint density at radius 3 is 2.59 bits per heavy atom. The molecule has 0 radical (unpaired) electrons. The second-order valence-corrected chi connectivity index (χ2v) is 4.73. The van der Waals surface area contributed by atoms with Crippen LogP contribution < -0.4 is 11.5 Å². The Morgan fingerprint density at radius 2 is 1.95 bits per heavy atom. The van der Waals surface area contributed by atoms with Crippen molar-refractivity contribution in [1.29, 1.82) is 0 Å². The third-order valence-corrected chi connectivity index (χ3v) is 3.21. The molecule has 0 aliphatic carbocycles. The molecule has 1 aromatic carbocycles. The summed E-state index contributed by atoms with van der Waals surface area (Å²) in [6.45, 7) is 0. The van der Waals surface area contributed by atoms with Gasteiger partial charge in [0.05, 0.1) is 22.0 Å². The van der Waals surface area contributed by atoms with Gasteiger partial charge in [0.2, 0.25) is 0 Å². The highest BCUT2D eigenvalue weighted by Gasteiger charge is 2.30. The largest absolute Gasteiger partial charge is 0.416 e. The Hall–Kier alpha value is -2.84. The van der Waals surface area contributed by atoms with Crippen LogP contribution in [0.2, 0.25) is 0 Å². The maximum Gasteiger partial charge on any atom is 0.416 e. The molecule has 0 bridgehead atoms. The van der Waals surface area contributed by atoms with E-state index in [1.54, 1.807) is 7.05 Å². The van der Waals surface area contributed by atoms with Crippen molar-refractivity contribution in [2.24, 2.45) is 23.5 Å². The Balaban J connectivity index is 2.33. The van der Waals surface area contributed by atoms with E-state index in [4.69, 9.17) is 11.5 Å². The van der Waals surface area contributed by atoms with Gasteiger partial charge in [0.25, 0.3) is 0 Å². The number of fused-ring (bicyclic) bond motifs is 3. The molecule has 0 fully saturated rings. The lowest BCUT2D eigenvalue weighted by Gasteiger charge is -2.08. The molecular formula is C13H11F3N6. The van der Waals surface area contributed by atoms with Crippen molar-refractivity contribution in [2.75, 3.05) is 0 Å². The van der Waals surface area contributed by atoms with Crippen molar-refractivity contribution >= 4 is 33.6 Å². The Morgan fingerprint density at radius 1 is 1.23 bits per heavy atom. The number of hydrogen-bond donors (Lipinski definition) is 2. The maximum atomic E-state index is 12.8. The van der Waals surface area contributed by atoms with Gasteiger partial charge in [-0.3, -0.25) is 9.67 Å². The minimum atomic E-state index is -4.42. The first kappa shape index (κ1) is 14.1. The van der Waals surface area contributed by atoms with Crippen molar-refractivity contribution in [3.63, 3.8) is 0 Å². The summed E-state index contributed by atoms with van der Waals surface area (Å²) in [5.74, 6) is 0.110. The number of aryl methyl sites for hydroxylation is 1. The topological polar surface area (TPSA) is 95.1 Å². The number of alkyl halides is 3. The summed E-state index contributed by atoms with van der Waals surface area (Å²) in [6.07, 6.45) is -3.01. The lowest BCUT2D eigenvalue weighted by molar-refractivity contribution is -0.137. The number of halogens is 3. The zero-order valence-corrected chi connectivity index (χ0v) is 11.4. The number of pyridine rings is 1. The molecule has 0 saturated heterocycles. The molecule has 3 rings (SSSR count). The molecule has 0 amide bonds. The fraction of sp³-hybridized carbons (Fsp3) is 0.154. The van der Waals surface area contributed by atoms with E-state index in [9.17, 15) is 13.2 Å². The van der Waals surface area contributed by atoms with Crippen LogP contribution in [-0.4, -0.2) is 20.7 Å². The van der Waals surface area contributed by atoms with Gasteiger partial charge in [0.15, 0.2) is 11.8 Å².